The van der Waals surface area contributed by atoms with Crippen LogP contribution in [0.25, 0.3) is 0 Å². The molecule has 1 amide bonds. The van der Waals surface area contributed by atoms with Gasteiger partial charge in [0.2, 0.25) is 0 Å². The summed E-state index contributed by atoms with van der Waals surface area (Å²) < 4.78 is 7.20. The summed E-state index contributed by atoms with van der Waals surface area (Å²) in [6, 6.07) is 16.8. The molecule has 0 aliphatic carbocycles. The summed E-state index contributed by atoms with van der Waals surface area (Å²) >= 11 is 0. The monoisotopic (exact) mass is 348 g/mol. The molecule has 0 aliphatic heterocycles. The van der Waals surface area contributed by atoms with Crippen molar-refractivity contribution in [3.63, 3.8) is 0 Å². The molecule has 0 spiro atoms. The van der Waals surface area contributed by atoms with E-state index in [0.717, 1.165) is 16.9 Å². The lowest BCUT2D eigenvalue weighted by Gasteiger charge is -2.05. The van der Waals surface area contributed by atoms with Gasteiger partial charge in [-0.1, -0.05) is 12.1 Å². The number of hydrazone groups is 1. The molecule has 2 aromatic carbocycles. The van der Waals surface area contributed by atoms with Crippen LogP contribution in [0, 0.1) is 0 Å². The number of nitrogens with zero attached hydrogens (tertiary/aromatic N) is 3. The average molecular weight is 348 g/mol. The number of hydrogen-bond acceptors (Lipinski definition) is 4. The van der Waals surface area contributed by atoms with Crippen molar-refractivity contribution in [3.05, 3.63) is 83.7 Å². The van der Waals surface area contributed by atoms with Crippen molar-refractivity contribution >= 4 is 12.1 Å². The predicted octanol–water partition coefficient (Wildman–Crippen LogP) is 3.09. The number of aromatic nitrogens is 2. The highest BCUT2D eigenvalue weighted by Crippen LogP contribution is 2.11. The first-order valence-electron chi connectivity index (χ1n) is 8.37. The second kappa shape index (κ2) is 8.62. The van der Waals surface area contributed by atoms with Gasteiger partial charge in [0.05, 0.1) is 19.4 Å². The van der Waals surface area contributed by atoms with E-state index in [1.54, 1.807) is 23.2 Å². The minimum atomic E-state index is -0.255. The molecule has 0 bridgehead atoms. The predicted molar refractivity (Wildman–Crippen MR) is 100 cm³/mol. The molecular weight excluding hydrogens is 328 g/mol. The van der Waals surface area contributed by atoms with Crippen LogP contribution < -0.4 is 10.2 Å². The molecular formula is C20H20N4O2. The van der Waals surface area contributed by atoms with Crippen LogP contribution in [0.2, 0.25) is 0 Å². The topological polar surface area (TPSA) is 68.5 Å². The summed E-state index contributed by atoms with van der Waals surface area (Å²) in [7, 11) is 0. The quantitative estimate of drug-likeness (QED) is 0.527. The molecule has 0 atom stereocenters. The maximum Gasteiger partial charge on any atom is 0.271 e. The van der Waals surface area contributed by atoms with Crippen LogP contribution in [0.15, 0.2) is 72.1 Å². The van der Waals surface area contributed by atoms with Gasteiger partial charge in [0.1, 0.15) is 5.75 Å². The van der Waals surface area contributed by atoms with Gasteiger partial charge in [-0.25, -0.2) is 5.43 Å². The molecule has 1 aromatic heterocycles. The van der Waals surface area contributed by atoms with Crippen LogP contribution in [-0.4, -0.2) is 28.5 Å². The maximum atomic E-state index is 12.3. The van der Waals surface area contributed by atoms with Crippen LogP contribution in [0.5, 0.6) is 5.75 Å². The fourth-order valence-corrected chi connectivity index (χ4v) is 2.44. The molecule has 132 valence electrons. The highest BCUT2D eigenvalue weighted by atomic mass is 16.5. The van der Waals surface area contributed by atoms with E-state index in [2.05, 4.69) is 15.6 Å². The van der Waals surface area contributed by atoms with E-state index in [1.165, 1.54) is 0 Å². The van der Waals surface area contributed by atoms with Gasteiger partial charge in [0, 0.05) is 18.0 Å². The third kappa shape index (κ3) is 4.80. The van der Waals surface area contributed by atoms with E-state index < -0.39 is 0 Å². The summed E-state index contributed by atoms with van der Waals surface area (Å²) in [4.78, 5) is 12.3. The zero-order valence-electron chi connectivity index (χ0n) is 14.5. The second-order valence-corrected chi connectivity index (χ2v) is 5.61. The Balaban J connectivity index is 1.59. The molecule has 0 fully saturated rings. The highest BCUT2D eigenvalue weighted by Gasteiger charge is 2.05. The molecule has 0 unspecified atom stereocenters. The summed E-state index contributed by atoms with van der Waals surface area (Å²) in [5.41, 5.74) is 4.98. The van der Waals surface area contributed by atoms with Gasteiger partial charge in [-0.3, -0.25) is 9.48 Å². The first-order valence-corrected chi connectivity index (χ1v) is 8.37. The lowest BCUT2D eigenvalue weighted by Crippen LogP contribution is -2.18. The van der Waals surface area contributed by atoms with Gasteiger partial charge in [-0.15, -0.1) is 0 Å². The van der Waals surface area contributed by atoms with Crippen LogP contribution in [-0.2, 0) is 6.54 Å². The van der Waals surface area contributed by atoms with Gasteiger partial charge in [-0.2, -0.15) is 10.2 Å². The number of amides is 1. The van der Waals surface area contributed by atoms with Gasteiger partial charge < -0.3 is 4.74 Å². The Hall–Kier alpha value is -3.41. The number of carbonyl (C=O) groups excluding carboxylic acids is 1. The zero-order chi connectivity index (χ0) is 18.2. The molecule has 0 saturated heterocycles. The fourth-order valence-electron chi connectivity index (χ4n) is 2.44. The summed E-state index contributed by atoms with van der Waals surface area (Å²) in [5, 5.41) is 8.19. The smallest absolute Gasteiger partial charge is 0.271 e. The normalized spacial score (nSPS) is 10.8. The minimum Gasteiger partial charge on any atom is -0.494 e. The lowest BCUT2D eigenvalue weighted by atomic mass is 10.1. The first-order chi connectivity index (χ1) is 12.7. The Morgan fingerprint density at radius 1 is 1.23 bits per heavy atom. The Morgan fingerprint density at radius 3 is 2.81 bits per heavy atom. The molecule has 1 heterocycles. The van der Waals surface area contributed by atoms with Crippen molar-refractivity contribution in [2.24, 2.45) is 5.10 Å². The highest BCUT2D eigenvalue weighted by molar-refractivity contribution is 5.95. The Kier molecular flexibility index (Phi) is 5.77. The van der Waals surface area contributed by atoms with Crippen LogP contribution in [0.4, 0.5) is 0 Å². The summed E-state index contributed by atoms with van der Waals surface area (Å²) in [6.45, 7) is 3.18. The molecule has 6 heteroatoms. The largest absolute Gasteiger partial charge is 0.494 e. The Bertz CT molecular complexity index is 871. The molecule has 3 rings (SSSR count). The molecule has 26 heavy (non-hydrogen) atoms. The van der Waals surface area contributed by atoms with E-state index in [0.29, 0.717) is 18.7 Å². The van der Waals surface area contributed by atoms with E-state index >= 15 is 0 Å². The van der Waals surface area contributed by atoms with Crippen LogP contribution in [0.3, 0.4) is 0 Å². The third-order valence-electron chi connectivity index (χ3n) is 3.66. The number of nitrogens with one attached hydrogen (secondary N) is 1. The standard InChI is InChI=1S/C20H20N4O2/c1-2-26-19-9-7-16(8-10-19)14-21-23-20(25)18-6-3-5-17(13-18)15-24-12-4-11-22-24/h3-14H,2,15H2,1H3,(H,23,25)/b21-14-. The van der Waals surface area contributed by atoms with Crippen molar-refractivity contribution in [1.29, 1.82) is 0 Å². The first kappa shape index (κ1) is 17.4. The zero-order valence-corrected chi connectivity index (χ0v) is 14.5. The van der Waals surface area contributed by atoms with E-state index in [4.69, 9.17) is 4.74 Å². The average Bonchev–Trinajstić information content (AvgIpc) is 3.16. The molecule has 6 nitrogen and oxygen atoms in total. The van der Waals surface area contributed by atoms with Crippen LogP contribution in [0.1, 0.15) is 28.4 Å². The molecule has 0 saturated carbocycles. The van der Waals surface area contributed by atoms with Crippen molar-refractivity contribution < 1.29 is 9.53 Å². The summed E-state index contributed by atoms with van der Waals surface area (Å²) in [5.74, 6) is 0.553. The van der Waals surface area contributed by atoms with Crippen molar-refractivity contribution in [2.75, 3.05) is 6.61 Å². The molecule has 3 aromatic rings. The molecule has 0 radical (unpaired) electrons. The maximum absolute atomic E-state index is 12.3. The Morgan fingerprint density at radius 2 is 2.08 bits per heavy atom. The van der Waals surface area contributed by atoms with E-state index in [9.17, 15) is 4.79 Å². The lowest BCUT2D eigenvalue weighted by molar-refractivity contribution is 0.0955. The van der Waals surface area contributed by atoms with Gasteiger partial charge in [0.25, 0.3) is 5.91 Å². The van der Waals surface area contributed by atoms with Crippen molar-refractivity contribution in [3.8, 4) is 5.75 Å². The number of benzene rings is 2. The number of rotatable bonds is 7. The third-order valence-corrected chi connectivity index (χ3v) is 3.66. The van der Waals surface area contributed by atoms with Gasteiger partial charge >= 0.3 is 0 Å². The van der Waals surface area contributed by atoms with E-state index in [1.807, 2.05) is 61.7 Å². The Labute approximate surface area is 152 Å². The van der Waals surface area contributed by atoms with E-state index in [-0.39, 0.29) is 5.91 Å². The molecule has 1 N–H and O–H groups in total. The minimum absolute atomic E-state index is 0.255. The van der Waals surface area contributed by atoms with Gasteiger partial charge in [-0.05, 0) is 60.5 Å². The fraction of sp³-hybridized carbons (Fsp3) is 0.150. The van der Waals surface area contributed by atoms with Crippen molar-refractivity contribution in [1.82, 2.24) is 15.2 Å². The molecule has 0 aliphatic rings. The van der Waals surface area contributed by atoms with Crippen molar-refractivity contribution in [2.45, 2.75) is 13.5 Å². The van der Waals surface area contributed by atoms with Gasteiger partial charge in [0.15, 0.2) is 0 Å². The second-order valence-electron chi connectivity index (χ2n) is 5.61. The number of hydrogen-bond donors (Lipinski definition) is 1. The SMILES string of the molecule is CCOc1ccc(/C=N\NC(=O)c2cccc(Cn3cccn3)c2)cc1. The van der Waals surface area contributed by atoms with Crippen LogP contribution >= 0.6 is 0 Å². The summed E-state index contributed by atoms with van der Waals surface area (Å²) in [6.07, 6.45) is 5.21. The number of carbonyl (C=O) groups is 1. The number of ether oxygens (including phenoxy) is 1.